The van der Waals surface area contributed by atoms with Crippen molar-refractivity contribution in [2.45, 2.75) is 32.2 Å². The van der Waals surface area contributed by atoms with E-state index >= 15 is 0 Å². The Bertz CT molecular complexity index is 699. The first-order valence-corrected chi connectivity index (χ1v) is 6.80. The number of halogens is 1. The third kappa shape index (κ3) is 3.19. The summed E-state index contributed by atoms with van der Waals surface area (Å²) in [6.45, 7) is 6.06. The minimum Gasteiger partial charge on any atom is -0.320 e. The Kier molecular flexibility index (Phi) is 3.96. The van der Waals surface area contributed by atoms with E-state index in [4.69, 9.17) is 5.73 Å². The zero-order chi connectivity index (χ0) is 15.8. The highest BCUT2D eigenvalue weighted by molar-refractivity contribution is 5.31. The van der Waals surface area contributed by atoms with Crippen molar-refractivity contribution in [2.24, 2.45) is 12.8 Å². The molecule has 2 rings (SSSR count). The molecule has 112 valence electrons. The van der Waals surface area contributed by atoms with Crippen molar-refractivity contribution >= 4 is 0 Å². The molecule has 1 aromatic carbocycles. The van der Waals surface area contributed by atoms with Gasteiger partial charge in [0.05, 0.1) is 11.7 Å². The maximum atomic E-state index is 13.0. The minimum atomic E-state index is -0.603. The number of nitrogens with two attached hydrogens (primary N) is 1. The predicted molar refractivity (Wildman–Crippen MR) is 80.6 cm³/mol. The molecule has 0 fully saturated rings. The van der Waals surface area contributed by atoms with Crippen LogP contribution < -0.4 is 11.3 Å². The molecule has 0 aliphatic rings. The fourth-order valence-electron chi connectivity index (χ4n) is 2.07. The van der Waals surface area contributed by atoms with Crippen molar-refractivity contribution in [1.29, 1.82) is 0 Å². The molecule has 1 heterocycles. The molecule has 0 bridgehead atoms. The smallest absolute Gasteiger partial charge is 0.271 e. The highest BCUT2D eigenvalue weighted by Gasteiger charge is 2.21. The molecule has 5 heteroatoms. The van der Waals surface area contributed by atoms with Crippen molar-refractivity contribution in [3.05, 3.63) is 63.3 Å². The zero-order valence-corrected chi connectivity index (χ0v) is 12.7. The molecule has 1 atom stereocenters. The second-order valence-electron chi connectivity index (χ2n) is 6.19. The van der Waals surface area contributed by atoms with Gasteiger partial charge in [-0.2, -0.15) is 5.10 Å². The third-order valence-corrected chi connectivity index (χ3v) is 3.42. The van der Waals surface area contributed by atoms with Crippen molar-refractivity contribution in [3.8, 4) is 0 Å². The summed E-state index contributed by atoms with van der Waals surface area (Å²) in [4.78, 5) is 12.3. The number of hydrogen-bond acceptors (Lipinski definition) is 3. The molecular formula is C16H20FN3O. The van der Waals surface area contributed by atoms with Gasteiger partial charge in [-0.3, -0.25) is 4.79 Å². The molecule has 0 amide bonds. The Balaban J connectivity index is 2.55. The Hall–Kier alpha value is -2.01. The van der Waals surface area contributed by atoms with Gasteiger partial charge in [-0.1, -0.05) is 32.9 Å². The summed E-state index contributed by atoms with van der Waals surface area (Å²) in [6.07, 6.45) is 0. The van der Waals surface area contributed by atoms with E-state index in [2.05, 4.69) is 5.10 Å². The fraction of sp³-hybridized carbons (Fsp3) is 0.375. The zero-order valence-electron chi connectivity index (χ0n) is 12.7. The van der Waals surface area contributed by atoms with Crippen LogP contribution in [0.1, 0.15) is 43.6 Å². The second-order valence-corrected chi connectivity index (χ2v) is 6.19. The number of aryl methyl sites for hydroxylation is 1. The standard InChI is InChI=1S/C16H20FN3O/c1-16(2,3)13-9-12(15(21)20(4)19-13)14(18)10-5-7-11(17)8-6-10/h5-9,14H,18H2,1-4H3. The van der Waals surface area contributed by atoms with Gasteiger partial charge in [-0.25, -0.2) is 9.07 Å². The van der Waals surface area contributed by atoms with E-state index in [1.54, 1.807) is 25.2 Å². The first-order chi connectivity index (χ1) is 9.70. The van der Waals surface area contributed by atoms with Gasteiger partial charge in [0.1, 0.15) is 5.82 Å². The van der Waals surface area contributed by atoms with Crippen LogP contribution >= 0.6 is 0 Å². The van der Waals surface area contributed by atoms with E-state index in [9.17, 15) is 9.18 Å². The number of hydrogen-bond donors (Lipinski definition) is 1. The van der Waals surface area contributed by atoms with Crippen LogP contribution in [-0.2, 0) is 12.5 Å². The van der Waals surface area contributed by atoms with E-state index in [-0.39, 0.29) is 16.8 Å². The van der Waals surface area contributed by atoms with Gasteiger partial charge in [0.2, 0.25) is 0 Å². The largest absolute Gasteiger partial charge is 0.320 e. The molecule has 0 spiro atoms. The van der Waals surface area contributed by atoms with Crippen LogP contribution in [0, 0.1) is 5.82 Å². The topological polar surface area (TPSA) is 60.9 Å². The molecule has 1 unspecified atom stereocenters. The molecule has 0 aliphatic heterocycles. The molecule has 0 radical (unpaired) electrons. The second kappa shape index (κ2) is 5.41. The van der Waals surface area contributed by atoms with Crippen molar-refractivity contribution in [2.75, 3.05) is 0 Å². The monoisotopic (exact) mass is 289 g/mol. The average molecular weight is 289 g/mol. The summed E-state index contributed by atoms with van der Waals surface area (Å²) >= 11 is 0. The van der Waals surface area contributed by atoms with Crippen LogP contribution in [0.4, 0.5) is 4.39 Å². The lowest BCUT2D eigenvalue weighted by atomic mass is 9.90. The van der Waals surface area contributed by atoms with Crippen LogP contribution in [-0.4, -0.2) is 9.78 Å². The first kappa shape index (κ1) is 15.4. The summed E-state index contributed by atoms with van der Waals surface area (Å²) in [6, 6.07) is 7.01. The molecule has 0 saturated heterocycles. The van der Waals surface area contributed by atoms with Gasteiger partial charge in [0, 0.05) is 18.0 Å². The SMILES string of the molecule is Cn1nc(C(C)(C)C)cc(C(N)c2ccc(F)cc2)c1=O. The minimum absolute atomic E-state index is 0.192. The molecular weight excluding hydrogens is 269 g/mol. The first-order valence-electron chi connectivity index (χ1n) is 6.80. The highest BCUT2D eigenvalue weighted by atomic mass is 19.1. The number of aromatic nitrogens is 2. The highest BCUT2D eigenvalue weighted by Crippen LogP contribution is 2.23. The summed E-state index contributed by atoms with van der Waals surface area (Å²) < 4.78 is 14.3. The van der Waals surface area contributed by atoms with Gasteiger partial charge in [-0.05, 0) is 23.8 Å². The van der Waals surface area contributed by atoms with E-state index in [1.165, 1.54) is 16.8 Å². The van der Waals surface area contributed by atoms with Crippen LogP contribution in [0.25, 0.3) is 0 Å². The number of nitrogens with zero attached hydrogens (tertiary/aromatic N) is 2. The van der Waals surface area contributed by atoms with Gasteiger partial charge in [0.15, 0.2) is 0 Å². The summed E-state index contributed by atoms with van der Waals surface area (Å²) in [7, 11) is 1.61. The maximum Gasteiger partial charge on any atom is 0.271 e. The average Bonchev–Trinajstić information content (AvgIpc) is 2.40. The van der Waals surface area contributed by atoms with Crippen LogP contribution in [0.2, 0.25) is 0 Å². The predicted octanol–water partition coefficient (Wildman–Crippen LogP) is 2.27. The van der Waals surface area contributed by atoms with Crippen LogP contribution in [0.5, 0.6) is 0 Å². The number of rotatable bonds is 2. The van der Waals surface area contributed by atoms with Gasteiger partial charge in [-0.15, -0.1) is 0 Å². The fourth-order valence-corrected chi connectivity index (χ4v) is 2.07. The Morgan fingerprint density at radius 2 is 1.81 bits per heavy atom. The van der Waals surface area contributed by atoms with E-state index < -0.39 is 6.04 Å². The third-order valence-electron chi connectivity index (χ3n) is 3.42. The Labute approximate surface area is 123 Å². The van der Waals surface area contributed by atoms with Gasteiger partial charge >= 0.3 is 0 Å². The number of benzene rings is 1. The normalized spacial score (nSPS) is 13.2. The summed E-state index contributed by atoms with van der Waals surface area (Å²) in [5.41, 5.74) is 7.70. The quantitative estimate of drug-likeness (QED) is 0.922. The lowest BCUT2D eigenvalue weighted by molar-refractivity contribution is 0.525. The van der Waals surface area contributed by atoms with E-state index in [0.717, 1.165) is 5.69 Å². The van der Waals surface area contributed by atoms with Crippen molar-refractivity contribution in [3.63, 3.8) is 0 Å². The molecule has 4 nitrogen and oxygen atoms in total. The molecule has 0 aliphatic carbocycles. The van der Waals surface area contributed by atoms with Crippen LogP contribution in [0.15, 0.2) is 35.1 Å². The molecule has 1 aromatic heterocycles. The van der Waals surface area contributed by atoms with Gasteiger partial charge < -0.3 is 5.73 Å². The molecule has 2 N–H and O–H groups in total. The summed E-state index contributed by atoms with van der Waals surface area (Å²) in [5, 5.41) is 4.28. The van der Waals surface area contributed by atoms with E-state index in [0.29, 0.717) is 11.1 Å². The van der Waals surface area contributed by atoms with Crippen molar-refractivity contribution < 1.29 is 4.39 Å². The molecule has 2 aromatic rings. The maximum absolute atomic E-state index is 13.0. The summed E-state index contributed by atoms with van der Waals surface area (Å²) in [5.74, 6) is -0.330. The lowest BCUT2D eigenvalue weighted by Crippen LogP contribution is -2.32. The van der Waals surface area contributed by atoms with E-state index in [1.807, 2.05) is 20.8 Å². The lowest BCUT2D eigenvalue weighted by Gasteiger charge is -2.21. The Morgan fingerprint density at radius 1 is 1.24 bits per heavy atom. The van der Waals surface area contributed by atoms with Gasteiger partial charge in [0.25, 0.3) is 5.56 Å². The Morgan fingerprint density at radius 3 is 2.33 bits per heavy atom. The van der Waals surface area contributed by atoms with Crippen molar-refractivity contribution in [1.82, 2.24) is 9.78 Å². The molecule has 21 heavy (non-hydrogen) atoms. The molecule has 0 saturated carbocycles. The van der Waals surface area contributed by atoms with Crippen LogP contribution in [0.3, 0.4) is 0 Å².